The molecule has 4 heteroatoms. The van der Waals surface area contributed by atoms with Crippen LogP contribution in [0.3, 0.4) is 0 Å². The Morgan fingerprint density at radius 3 is 2.94 bits per heavy atom. The quantitative estimate of drug-likeness (QED) is 0.813. The van der Waals surface area contributed by atoms with Crippen LogP contribution in [-0.2, 0) is 0 Å². The summed E-state index contributed by atoms with van der Waals surface area (Å²) in [4.78, 5) is 11.1. The fraction of sp³-hybridized carbons (Fsp3) is 0.500. The first-order chi connectivity index (χ1) is 8.65. The van der Waals surface area contributed by atoms with Gasteiger partial charge in [0.05, 0.1) is 18.4 Å². The third-order valence-electron chi connectivity index (χ3n) is 3.38. The molecule has 1 aliphatic rings. The summed E-state index contributed by atoms with van der Waals surface area (Å²) in [5.74, 6) is 0.450. The number of methoxy groups -OCH3 is 1. The van der Waals surface area contributed by atoms with Gasteiger partial charge in [-0.25, -0.2) is 4.79 Å². The van der Waals surface area contributed by atoms with E-state index in [0.717, 1.165) is 6.42 Å². The number of hydrogen-bond donors (Lipinski definition) is 2. The Bertz CT molecular complexity index is 445. The molecule has 0 bridgehead atoms. The summed E-state index contributed by atoms with van der Waals surface area (Å²) in [6.07, 6.45) is 3.50. The van der Waals surface area contributed by atoms with Gasteiger partial charge in [-0.05, 0) is 30.9 Å². The first kappa shape index (κ1) is 12.7. The van der Waals surface area contributed by atoms with Gasteiger partial charge in [0, 0.05) is 12.1 Å². The highest BCUT2D eigenvalue weighted by Crippen LogP contribution is 2.38. The summed E-state index contributed by atoms with van der Waals surface area (Å²) in [5.41, 5.74) is 0.961. The molecule has 1 aliphatic carbocycles. The van der Waals surface area contributed by atoms with Crippen LogP contribution in [0.2, 0.25) is 0 Å². The Morgan fingerprint density at radius 2 is 2.33 bits per heavy atom. The molecule has 1 saturated carbocycles. The van der Waals surface area contributed by atoms with Gasteiger partial charge in [-0.1, -0.05) is 13.3 Å². The molecule has 0 aliphatic heterocycles. The summed E-state index contributed by atoms with van der Waals surface area (Å²) in [5, 5.41) is 12.5. The van der Waals surface area contributed by atoms with Gasteiger partial charge >= 0.3 is 5.97 Å². The predicted octanol–water partition coefficient (Wildman–Crippen LogP) is 2.99. The van der Waals surface area contributed by atoms with Crippen molar-refractivity contribution >= 4 is 11.7 Å². The number of hydrogen-bond acceptors (Lipinski definition) is 3. The molecule has 18 heavy (non-hydrogen) atoms. The van der Waals surface area contributed by atoms with Gasteiger partial charge in [0.1, 0.15) is 5.75 Å². The van der Waals surface area contributed by atoms with E-state index < -0.39 is 5.97 Å². The zero-order valence-electron chi connectivity index (χ0n) is 10.8. The summed E-state index contributed by atoms with van der Waals surface area (Å²) in [7, 11) is 1.58. The Hall–Kier alpha value is -1.71. The molecule has 0 saturated heterocycles. The first-order valence-electron chi connectivity index (χ1n) is 6.33. The van der Waals surface area contributed by atoms with E-state index in [4.69, 9.17) is 9.84 Å². The second-order valence-corrected chi connectivity index (χ2v) is 4.75. The van der Waals surface area contributed by atoms with E-state index in [1.54, 1.807) is 25.3 Å². The monoisotopic (exact) mass is 249 g/mol. The lowest BCUT2D eigenvalue weighted by Gasteiger charge is -2.11. The molecule has 4 nitrogen and oxygen atoms in total. The molecule has 1 fully saturated rings. The molecule has 2 rings (SSSR count). The number of carboxylic acids is 1. The fourth-order valence-electron chi connectivity index (χ4n) is 2.27. The van der Waals surface area contributed by atoms with Crippen molar-refractivity contribution in [1.82, 2.24) is 0 Å². The van der Waals surface area contributed by atoms with Crippen molar-refractivity contribution in [2.24, 2.45) is 5.92 Å². The highest BCUT2D eigenvalue weighted by molar-refractivity contribution is 5.94. The van der Waals surface area contributed by atoms with Crippen molar-refractivity contribution in [3.05, 3.63) is 23.8 Å². The lowest BCUT2D eigenvalue weighted by Crippen LogP contribution is -2.10. The number of benzene rings is 1. The molecular weight excluding hydrogens is 230 g/mol. The maximum absolute atomic E-state index is 11.1. The number of carbonyl (C=O) groups is 1. The topological polar surface area (TPSA) is 58.6 Å². The molecule has 0 amide bonds. The van der Waals surface area contributed by atoms with E-state index in [1.165, 1.54) is 12.8 Å². The maximum Gasteiger partial charge on any atom is 0.337 e. The minimum atomic E-state index is -0.909. The number of nitrogens with one attached hydrogen (secondary N) is 1. The number of rotatable bonds is 6. The maximum atomic E-state index is 11.1. The van der Waals surface area contributed by atoms with Crippen LogP contribution in [0.1, 0.15) is 36.5 Å². The average Bonchev–Trinajstić information content (AvgIpc) is 3.07. The Morgan fingerprint density at radius 1 is 1.56 bits per heavy atom. The highest BCUT2D eigenvalue weighted by atomic mass is 16.5. The van der Waals surface area contributed by atoms with Gasteiger partial charge in [0.2, 0.25) is 0 Å². The Labute approximate surface area is 107 Å². The van der Waals surface area contributed by atoms with Crippen molar-refractivity contribution in [2.75, 3.05) is 12.4 Å². The van der Waals surface area contributed by atoms with Crippen LogP contribution in [0.25, 0.3) is 0 Å². The summed E-state index contributed by atoms with van der Waals surface area (Å²) in [6, 6.07) is 5.42. The predicted molar refractivity (Wildman–Crippen MR) is 70.4 cm³/mol. The minimum Gasteiger partial charge on any atom is -0.497 e. The van der Waals surface area contributed by atoms with Gasteiger partial charge in [-0.2, -0.15) is 0 Å². The van der Waals surface area contributed by atoms with Crippen LogP contribution in [-0.4, -0.2) is 24.2 Å². The largest absolute Gasteiger partial charge is 0.497 e. The molecule has 1 aromatic rings. The van der Waals surface area contributed by atoms with Crippen molar-refractivity contribution in [3.63, 3.8) is 0 Å². The van der Waals surface area contributed by atoms with Gasteiger partial charge in [-0.3, -0.25) is 0 Å². The zero-order chi connectivity index (χ0) is 13.1. The average molecular weight is 249 g/mol. The van der Waals surface area contributed by atoms with Crippen LogP contribution in [0.4, 0.5) is 5.69 Å². The van der Waals surface area contributed by atoms with Crippen molar-refractivity contribution in [2.45, 2.75) is 32.2 Å². The van der Waals surface area contributed by atoms with Gasteiger partial charge in [0.15, 0.2) is 0 Å². The van der Waals surface area contributed by atoms with Gasteiger partial charge in [0.25, 0.3) is 0 Å². The zero-order valence-corrected chi connectivity index (χ0v) is 10.8. The lowest BCUT2D eigenvalue weighted by atomic mass is 10.1. The van der Waals surface area contributed by atoms with Crippen LogP contribution in [0.5, 0.6) is 5.75 Å². The van der Waals surface area contributed by atoms with Crippen LogP contribution in [0.15, 0.2) is 18.2 Å². The van der Waals surface area contributed by atoms with E-state index in [2.05, 4.69) is 12.2 Å². The first-order valence-corrected chi connectivity index (χ1v) is 6.33. The van der Waals surface area contributed by atoms with E-state index in [9.17, 15) is 4.79 Å². The summed E-state index contributed by atoms with van der Waals surface area (Å²) < 4.78 is 5.13. The molecular formula is C14H19NO3. The summed E-state index contributed by atoms with van der Waals surface area (Å²) >= 11 is 0. The lowest BCUT2D eigenvalue weighted by molar-refractivity contribution is 0.0698. The third-order valence-corrected chi connectivity index (χ3v) is 3.38. The van der Waals surface area contributed by atoms with Crippen LogP contribution >= 0.6 is 0 Å². The Kier molecular flexibility index (Phi) is 3.75. The Balaban J connectivity index is 2.12. The molecule has 98 valence electrons. The molecule has 0 heterocycles. The van der Waals surface area contributed by atoms with Crippen LogP contribution < -0.4 is 10.1 Å². The van der Waals surface area contributed by atoms with Crippen LogP contribution in [0, 0.1) is 5.92 Å². The van der Waals surface area contributed by atoms with Crippen molar-refractivity contribution in [1.29, 1.82) is 0 Å². The van der Waals surface area contributed by atoms with E-state index in [0.29, 0.717) is 29.0 Å². The molecule has 2 atom stereocenters. The normalized spacial score (nSPS) is 21.4. The van der Waals surface area contributed by atoms with E-state index in [-0.39, 0.29) is 0 Å². The molecule has 0 aromatic heterocycles. The molecule has 1 aromatic carbocycles. The third kappa shape index (κ3) is 2.75. The number of anilines is 1. The molecule has 0 radical (unpaired) electrons. The molecule has 0 spiro atoms. The second kappa shape index (κ2) is 5.29. The highest BCUT2D eigenvalue weighted by Gasteiger charge is 2.36. The van der Waals surface area contributed by atoms with E-state index >= 15 is 0 Å². The number of aromatic carboxylic acids is 1. The van der Waals surface area contributed by atoms with Gasteiger partial charge < -0.3 is 15.2 Å². The van der Waals surface area contributed by atoms with Crippen molar-refractivity contribution in [3.8, 4) is 5.75 Å². The SMILES string of the molecule is CCCC1CC1Nc1cc(OC)ccc1C(=O)O. The second-order valence-electron chi connectivity index (χ2n) is 4.75. The molecule has 2 unspecified atom stereocenters. The van der Waals surface area contributed by atoms with Gasteiger partial charge in [-0.15, -0.1) is 0 Å². The van der Waals surface area contributed by atoms with E-state index in [1.807, 2.05) is 0 Å². The number of carboxylic acid groups (broad SMARTS) is 1. The minimum absolute atomic E-state index is 0.304. The molecule has 2 N–H and O–H groups in total. The standard InChI is InChI=1S/C14H19NO3/c1-3-4-9-7-12(9)15-13-8-10(18-2)5-6-11(13)14(16)17/h5-6,8-9,12,15H,3-4,7H2,1-2H3,(H,16,17). The smallest absolute Gasteiger partial charge is 0.337 e. The van der Waals surface area contributed by atoms with Crippen molar-refractivity contribution < 1.29 is 14.6 Å². The summed E-state index contributed by atoms with van der Waals surface area (Å²) in [6.45, 7) is 2.17. The number of ether oxygens (including phenoxy) is 1. The fourth-order valence-corrected chi connectivity index (χ4v) is 2.27.